The zero-order valence-electron chi connectivity index (χ0n) is 18.3. The molecule has 0 aromatic heterocycles. The molecular weight excluding hydrogens is 504 g/mol. The van der Waals surface area contributed by atoms with Crippen molar-refractivity contribution in [2.75, 3.05) is 44.7 Å². The highest BCUT2D eigenvalue weighted by Gasteiger charge is 2.32. The van der Waals surface area contributed by atoms with Gasteiger partial charge in [-0.25, -0.2) is 13.1 Å². The van der Waals surface area contributed by atoms with E-state index < -0.39 is 46.2 Å². The standard InChI is InChI=1S/C21H21F6N3O4S/c1-28-35(32,33)16-6-7-18(34-13-20(22,23)24)17(12-16)19(31)30-10-8-29(9-11-30)15-4-2-14(3-5-15)21(25,26)27/h2-7,12,28H,8-11,13H2,1H3. The SMILES string of the molecule is CNS(=O)(=O)c1ccc(OCC(F)(F)F)c(C(=O)N2CCN(c3ccc(C(F)(F)F)cc3)CC2)c1. The van der Waals surface area contributed by atoms with Crippen LogP contribution >= 0.6 is 0 Å². The molecule has 1 saturated heterocycles. The molecule has 0 aliphatic carbocycles. The molecule has 2 aromatic rings. The van der Waals surface area contributed by atoms with Gasteiger partial charge in [0, 0.05) is 31.9 Å². The molecule has 7 nitrogen and oxygen atoms in total. The molecule has 1 fully saturated rings. The summed E-state index contributed by atoms with van der Waals surface area (Å²) in [7, 11) is -2.85. The van der Waals surface area contributed by atoms with E-state index in [4.69, 9.17) is 4.74 Å². The fourth-order valence-electron chi connectivity index (χ4n) is 3.45. The van der Waals surface area contributed by atoms with Gasteiger partial charge in [0.25, 0.3) is 5.91 Å². The maximum atomic E-state index is 13.1. The Hall–Kier alpha value is -3.00. The average Bonchev–Trinajstić information content (AvgIpc) is 2.81. The highest BCUT2D eigenvalue weighted by molar-refractivity contribution is 7.89. The molecule has 1 aliphatic rings. The number of nitrogens with zero attached hydrogens (tertiary/aromatic N) is 2. The van der Waals surface area contributed by atoms with Crippen LogP contribution in [-0.4, -0.2) is 65.2 Å². The Balaban J connectivity index is 1.78. The summed E-state index contributed by atoms with van der Waals surface area (Å²) in [6.45, 7) is -0.995. The maximum Gasteiger partial charge on any atom is 0.422 e. The predicted octanol–water partition coefficient (Wildman–Crippen LogP) is 3.52. The van der Waals surface area contributed by atoms with Gasteiger partial charge in [0.15, 0.2) is 6.61 Å². The number of halogens is 6. The van der Waals surface area contributed by atoms with Crippen LogP contribution in [0.25, 0.3) is 0 Å². The summed E-state index contributed by atoms with van der Waals surface area (Å²) < 4.78 is 107. The summed E-state index contributed by atoms with van der Waals surface area (Å²) in [4.78, 5) is 15.9. The number of hydrogen-bond donors (Lipinski definition) is 1. The summed E-state index contributed by atoms with van der Waals surface area (Å²) in [5.41, 5.74) is -0.632. The Morgan fingerprint density at radius 3 is 2.09 bits per heavy atom. The number of carbonyl (C=O) groups excluding carboxylic acids is 1. The van der Waals surface area contributed by atoms with Crippen LogP contribution in [0.5, 0.6) is 5.75 Å². The Bertz CT molecular complexity index is 1160. The van der Waals surface area contributed by atoms with Crippen molar-refractivity contribution in [2.45, 2.75) is 17.2 Å². The fraction of sp³-hybridized carbons (Fsp3) is 0.381. The Morgan fingerprint density at radius 2 is 1.57 bits per heavy atom. The number of benzene rings is 2. The number of sulfonamides is 1. The van der Waals surface area contributed by atoms with Crippen LogP contribution in [-0.2, 0) is 16.2 Å². The Kier molecular flexibility index (Phi) is 7.55. The lowest BCUT2D eigenvalue weighted by Gasteiger charge is -2.36. The Labute approximate surface area is 197 Å². The van der Waals surface area contributed by atoms with Gasteiger partial charge in [-0.05, 0) is 49.5 Å². The van der Waals surface area contributed by atoms with Gasteiger partial charge >= 0.3 is 12.4 Å². The zero-order chi connectivity index (χ0) is 26.0. The smallest absolute Gasteiger partial charge is 0.422 e. The van der Waals surface area contributed by atoms with Gasteiger partial charge in [0.05, 0.1) is 16.0 Å². The van der Waals surface area contributed by atoms with Crippen molar-refractivity contribution in [1.29, 1.82) is 0 Å². The first-order chi connectivity index (χ1) is 16.2. The molecular formula is C21H21F6N3O4S. The summed E-state index contributed by atoms with van der Waals surface area (Å²) in [5.74, 6) is -1.16. The monoisotopic (exact) mass is 525 g/mol. The van der Waals surface area contributed by atoms with Gasteiger partial charge in [-0.1, -0.05) is 0 Å². The number of alkyl halides is 6. The van der Waals surface area contributed by atoms with E-state index >= 15 is 0 Å². The average molecular weight is 525 g/mol. The molecule has 0 atom stereocenters. The number of rotatable bonds is 6. The van der Waals surface area contributed by atoms with E-state index in [0.29, 0.717) is 5.69 Å². The highest BCUT2D eigenvalue weighted by Crippen LogP contribution is 2.31. The normalized spacial score (nSPS) is 15.3. The third kappa shape index (κ3) is 6.57. The predicted molar refractivity (Wildman–Crippen MR) is 114 cm³/mol. The minimum absolute atomic E-state index is 0.0988. The van der Waals surface area contributed by atoms with Crippen LogP contribution in [0.15, 0.2) is 47.4 Å². The summed E-state index contributed by atoms with van der Waals surface area (Å²) in [6, 6.07) is 7.49. The first kappa shape index (κ1) is 26.6. The van der Waals surface area contributed by atoms with Crippen molar-refractivity contribution in [2.24, 2.45) is 0 Å². The molecule has 0 saturated carbocycles. The van der Waals surface area contributed by atoms with Gasteiger partial charge in [-0.2, -0.15) is 26.3 Å². The van der Waals surface area contributed by atoms with Crippen LogP contribution in [0.1, 0.15) is 15.9 Å². The van der Waals surface area contributed by atoms with E-state index in [-0.39, 0.29) is 36.6 Å². The van der Waals surface area contributed by atoms with E-state index in [1.165, 1.54) is 17.0 Å². The first-order valence-electron chi connectivity index (χ1n) is 10.2. The van der Waals surface area contributed by atoms with Gasteiger partial charge in [-0.15, -0.1) is 0 Å². The molecule has 0 radical (unpaired) electrons. The summed E-state index contributed by atoms with van der Waals surface area (Å²) in [6.07, 6.45) is -9.14. The van der Waals surface area contributed by atoms with Crippen molar-refractivity contribution < 1.29 is 44.3 Å². The molecule has 3 rings (SSSR count). The lowest BCUT2D eigenvalue weighted by Crippen LogP contribution is -2.49. The number of ether oxygens (including phenoxy) is 1. The van der Waals surface area contributed by atoms with Crippen LogP contribution in [0.2, 0.25) is 0 Å². The molecule has 35 heavy (non-hydrogen) atoms. The van der Waals surface area contributed by atoms with Gasteiger partial charge in [-0.3, -0.25) is 4.79 Å². The molecule has 192 valence electrons. The first-order valence-corrected chi connectivity index (χ1v) is 11.7. The molecule has 1 aliphatic heterocycles. The summed E-state index contributed by atoms with van der Waals surface area (Å²) >= 11 is 0. The molecule has 14 heteroatoms. The quantitative estimate of drug-likeness (QED) is 0.585. The minimum Gasteiger partial charge on any atom is -0.483 e. The number of hydrogen-bond acceptors (Lipinski definition) is 5. The molecule has 1 amide bonds. The second-order valence-corrected chi connectivity index (χ2v) is 9.48. The highest BCUT2D eigenvalue weighted by atomic mass is 32.2. The number of piperazine rings is 1. The van der Waals surface area contributed by atoms with Crippen molar-refractivity contribution in [3.63, 3.8) is 0 Å². The minimum atomic E-state index is -4.68. The third-order valence-electron chi connectivity index (χ3n) is 5.28. The van der Waals surface area contributed by atoms with Crippen LogP contribution in [0, 0.1) is 0 Å². The van der Waals surface area contributed by atoms with E-state index in [2.05, 4.69) is 4.72 Å². The maximum absolute atomic E-state index is 13.1. The van der Waals surface area contributed by atoms with E-state index in [1.54, 1.807) is 4.90 Å². The van der Waals surface area contributed by atoms with Crippen LogP contribution in [0.3, 0.4) is 0 Å². The topological polar surface area (TPSA) is 78.9 Å². The van der Waals surface area contributed by atoms with Crippen LogP contribution in [0.4, 0.5) is 32.0 Å². The number of nitrogens with one attached hydrogen (secondary N) is 1. The van der Waals surface area contributed by atoms with Gasteiger partial charge < -0.3 is 14.5 Å². The largest absolute Gasteiger partial charge is 0.483 e. The second kappa shape index (κ2) is 9.93. The van der Waals surface area contributed by atoms with E-state index in [0.717, 1.165) is 37.4 Å². The van der Waals surface area contributed by atoms with E-state index in [9.17, 15) is 39.6 Å². The molecule has 0 spiro atoms. The van der Waals surface area contributed by atoms with Gasteiger partial charge in [0.1, 0.15) is 5.75 Å². The molecule has 2 aromatic carbocycles. The summed E-state index contributed by atoms with van der Waals surface area (Å²) in [5, 5.41) is 0. The van der Waals surface area contributed by atoms with Crippen molar-refractivity contribution in [3.05, 3.63) is 53.6 Å². The zero-order valence-corrected chi connectivity index (χ0v) is 19.1. The second-order valence-electron chi connectivity index (χ2n) is 7.59. The van der Waals surface area contributed by atoms with Crippen molar-refractivity contribution >= 4 is 21.6 Å². The Morgan fingerprint density at radius 1 is 0.971 bits per heavy atom. The number of carbonyl (C=O) groups is 1. The van der Waals surface area contributed by atoms with Crippen molar-refractivity contribution in [3.8, 4) is 5.75 Å². The number of amides is 1. The molecule has 1 N–H and O–H groups in total. The fourth-order valence-corrected chi connectivity index (χ4v) is 4.20. The molecule has 0 bridgehead atoms. The number of anilines is 1. The van der Waals surface area contributed by atoms with Crippen molar-refractivity contribution in [1.82, 2.24) is 9.62 Å². The molecule has 1 heterocycles. The van der Waals surface area contributed by atoms with Gasteiger partial charge in [0.2, 0.25) is 10.0 Å². The molecule has 0 unspecified atom stereocenters. The third-order valence-corrected chi connectivity index (χ3v) is 6.69. The lowest BCUT2D eigenvalue weighted by atomic mass is 10.1. The van der Waals surface area contributed by atoms with Crippen LogP contribution < -0.4 is 14.4 Å². The lowest BCUT2D eigenvalue weighted by molar-refractivity contribution is -0.153. The van der Waals surface area contributed by atoms with E-state index in [1.807, 2.05) is 0 Å².